The van der Waals surface area contributed by atoms with E-state index in [1.807, 2.05) is 0 Å². The van der Waals surface area contributed by atoms with Crippen LogP contribution in [0.25, 0.3) is 0 Å². The van der Waals surface area contributed by atoms with E-state index in [-0.39, 0.29) is 23.8 Å². The molecule has 1 aromatic carbocycles. The van der Waals surface area contributed by atoms with Gasteiger partial charge in [-0.1, -0.05) is 6.07 Å². The molecule has 1 amide bonds. The number of benzene rings is 1. The lowest BCUT2D eigenvalue weighted by molar-refractivity contribution is -0.135. The summed E-state index contributed by atoms with van der Waals surface area (Å²) in [6, 6.07) is 3.13. The summed E-state index contributed by atoms with van der Waals surface area (Å²) in [5, 5.41) is 2.52. The van der Waals surface area contributed by atoms with Gasteiger partial charge in [0, 0.05) is 25.6 Å². The van der Waals surface area contributed by atoms with E-state index in [0.29, 0.717) is 19.4 Å². The molecule has 2 aliphatic heterocycles. The van der Waals surface area contributed by atoms with E-state index in [2.05, 4.69) is 10.0 Å². The fraction of sp³-hybridized carbons (Fsp3) is 0.562. The Morgan fingerprint density at radius 3 is 2.70 bits per heavy atom. The van der Waals surface area contributed by atoms with E-state index >= 15 is 0 Å². The number of hydrogen-bond acceptors (Lipinski definition) is 4. The third-order valence-electron chi connectivity index (χ3n) is 4.57. The van der Waals surface area contributed by atoms with E-state index in [1.165, 1.54) is 17.0 Å². The summed E-state index contributed by atoms with van der Waals surface area (Å²) in [5.74, 6) is -4.02. The number of likely N-dealkylation sites (tertiary alicyclic amines) is 1. The van der Waals surface area contributed by atoms with E-state index in [1.54, 1.807) is 0 Å². The molecule has 11 heteroatoms. The van der Waals surface area contributed by atoms with Gasteiger partial charge in [0.2, 0.25) is 15.9 Å². The van der Waals surface area contributed by atoms with Crippen molar-refractivity contribution >= 4 is 28.3 Å². The van der Waals surface area contributed by atoms with Crippen LogP contribution in [0.4, 0.5) is 13.2 Å². The van der Waals surface area contributed by atoms with Crippen LogP contribution in [0.2, 0.25) is 0 Å². The Balaban J connectivity index is 0.00000261. The van der Waals surface area contributed by atoms with Crippen molar-refractivity contribution in [1.82, 2.24) is 14.9 Å². The Bertz CT molecular complexity index is 794. The van der Waals surface area contributed by atoms with E-state index < -0.39 is 52.7 Å². The van der Waals surface area contributed by atoms with Gasteiger partial charge in [0.1, 0.15) is 5.82 Å². The number of amides is 1. The fourth-order valence-corrected chi connectivity index (χ4v) is 4.60. The van der Waals surface area contributed by atoms with Crippen LogP contribution < -0.4 is 10.0 Å². The number of carbonyl (C=O) groups is 1. The topological polar surface area (TPSA) is 78.5 Å². The largest absolute Gasteiger partial charge is 0.340 e. The number of nitrogens with zero attached hydrogens (tertiary/aromatic N) is 1. The molecule has 2 N–H and O–H groups in total. The van der Waals surface area contributed by atoms with E-state index in [4.69, 9.17) is 0 Å². The van der Waals surface area contributed by atoms with Crippen LogP contribution in [0, 0.1) is 5.82 Å². The Labute approximate surface area is 162 Å². The summed E-state index contributed by atoms with van der Waals surface area (Å²) in [6.45, 7) is -0.0508. The summed E-state index contributed by atoms with van der Waals surface area (Å²) < 4.78 is 67.1. The molecule has 2 heterocycles. The molecule has 152 valence electrons. The molecule has 2 aliphatic rings. The second-order valence-electron chi connectivity index (χ2n) is 6.70. The molecule has 2 saturated heterocycles. The van der Waals surface area contributed by atoms with Gasteiger partial charge < -0.3 is 4.90 Å². The number of rotatable bonds is 4. The van der Waals surface area contributed by atoms with Crippen LogP contribution in [0.15, 0.2) is 29.2 Å². The van der Waals surface area contributed by atoms with Crippen molar-refractivity contribution in [2.24, 2.45) is 0 Å². The summed E-state index contributed by atoms with van der Waals surface area (Å²) >= 11 is 0. The minimum Gasteiger partial charge on any atom is -0.340 e. The quantitative estimate of drug-likeness (QED) is 0.763. The number of halogens is 4. The lowest BCUT2D eigenvalue weighted by atomic mass is 10.0. The maximum absolute atomic E-state index is 13.3. The molecule has 27 heavy (non-hydrogen) atoms. The minimum atomic E-state index is -3.93. The molecule has 0 spiro atoms. The third-order valence-corrected chi connectivity index (χ3v) is 6.09. The number of sulfonamides is 1. The highest BCUT2D eigenvalue weighted by Crippen LogP contribution is 2.27. The number of nitrogens with one attached hydrogen (secondary N) is 2. The van der Waals surface area contributed by atoms with Gasteiger partial charge in [-0.25, -0.2) is 26.3 Å². The van der Waals surface area contributed by atoms with Gasteiger partial charge in [-0.2, -0.15) is 0 Å². The van der Waals surface area contributed by atoms with Crippen molar-refractivity contribution < 1.29 is 26.4 Å². The second-order valence-corrected chi connectivity index (χ2v) is 8.41. The molecule has 0 aliphatic carbocycles. The van der Waals surface area contributed by atoms with Crippen molar-refractivity contribution in [2.75, 3.05) is 19.6 Å². The first-order valence-corrected chi connectivity index (χ1v) is 9.82. The second kappa shape index (κ2) is 8.34. The fourth-order valence-electron chi connectivity index (χ4n) is 3.31. The Kier molecular flexibility index (Phi) is 6.77. The van der Waals surface area contributed by atoms with Gasteiger partial charge in [-0.3, -0.25) is 10.1 Å². The first kappa shape index (κ1) is 21.9. The molecule has 2 atom stereocenters. The minimum absolute atomic E-state index is 0. The number of carbonyl (C=O) groups excluding carboxylic acids is 1. The van der Waals surface area contributed by atoms with Crippen LogP contribution in [-0.4, -0.2) is 56.9 Å². The predicted molar refractivity (Wildman–Crippen MR) is 94.9 cm³/mol. The highest BCUT2D eigenvalue weighted by Gasteiger charge is 2.44. The van der Waals surface area contributed by atoms with Gasteiger partial charge in [0.15, 0.2) is 0 Å². The highest BCUT2D eigenvalue weighted by molar-refractivity contribution is 7.89. The van der Waals surface area contributed by atoms with Crippen LogP contribution in [0.3, 0.4) is 0 Å². The zero-order valence-corrected chi connectivity index (χ0v) is 16.0. The Morgan fingerprint density at radius 1 is 1.33 bits per heavy atom. The van der Waals surface area contributed by atoms with Gasteiger partial charge in [-0.05, 0) is 31.0 Å². The normalized spacial score (nSPS) is 25.1. The van der Waals surface area contributed by atoms with Crippen LogP contribution in [0.1, 0.15) is 19.3 Å². The van der Waals surface area contributed by atoms with E-state index in [0.717, 1.165) is 12.1 Å². The van der Waals surface area contributed by atoms with Gasteiger partial charge >= 0.3 is 0 Å². The SMILES string of the molecule is Cl.O=C(C1CC(F)(F)CN1)N1CCCC(NS(=O)(=O)c2cccc(F)c2)C1. The lowest BCUT2D eigenvalue weighted by Crippen LogP contribution is -2.53. The van der Waals surface area contributed by atoms with Crippen LogP contribution >= 0.6 is 12.4 Å². The van der Waals surface area contributed by atoms with Gasteiger partial charge in [0.05, 0.1) is 17.5 Å². The maximum Gasteiger partial charge on any atom is 0.262 e. The van der Waals surface area contributed by atoms with Crippen molar-refractivity contribution in [3.05, 3.63) is 30.1 Å². The molecule has 0 radical (unpaired) electrons. The summed E-state index contributed by atoms with van der Waals surface area (Å²) in [7, 11) is -3.93. The molecule has 1 aromatic rings. The first-order valence-electron chi connectivity index (χ1n) is 8.34. The smallest absolute Gasteiger partial charge is 0.262 e. The average molecular weight is 428 g/mol. The number of piperidine rings is 1. The van der Waals surface area contributed by atoms with E-state index in [9.17, 15) is 26.4 Å². The summed E-state index contributed by atoms with van der Waals surface area (Å²) in [5.41, 5.74) is 0. The molecule has 6 nitrogen and oxygen atoms in total. The lowest BCUT2D eigenvalue weighted by Gasteiger charge is -2.34. The van der Waals surface area contributed by atoms with Gasteiger partial charge in [-0.15, -0.1) is 12.4 Å². The van der Waals surface area contributed by atoms with Crippen LogP contribution in [0.5, 0.6) is 0 Å². The molecule has 0 aromatic heterocycles. The summed E-state index contributed by atoms with van der Waals surface area (Å²) in [6.07, 6.45) is 0.500. The number of alkyl halides is 2. The van der Waals surface area contributed by atoms with Crippen molar-refractivity contribution in [3.8, 4) is 0 Å². The third kappa shape index (κ3) is 5.34. The molecule has 0 saturated carbocycles. The van der Waals surface area contributed by atoms with Crippen molar-refractivity contribution in [2.45, 2.75) is 42.2 Å². The Morgan fingerprint density at radius 2 is 2.07 bits per heavy atom. The Hall–Kier alpha value is -1.36. The van der Waals surface area contributed by atoms with Gasteiger partial charge in [0.25, 0.3) is 5.92 Å². The zero-order chi connectivity index (χ0) is 18.9. The molecular weight excluding hydrogens is 407 g/mol. The molecule has 0 bridgehead atoms. The first-order chi connectivity index (χ1) is 12.2. The number of hydrogen-bond donors (Lipinski definition) is 2. The molecule has 2 fully saturated rings. The maximum atomic E-state index is 13.3. The van der Waals surface area contributed by atoms with Crippen molar-refractivity contribution in [3.63, 3.8) is 0 Å². The average Bonchev–Trinajstić information content (AvgIpc) is 2.94. The molecular formula is C16H21ClF3N3O3S. The highest BCUT2D eigenvalue weighted by atomic mass is 35.5. The van der Waals surface area contributed by atoms with Crippen molar-refractivity contribution in [1.29, 1.82) is 0 Å². The standard InChI is InChI=1S/C16H20F3N3O3S.ClH/c17-11-3-1-5-13(7-11)26(24,25)21-12-4-2-6-22(9-12)15(23)14-8-16(18,19)10-20-14;/h1,3,5,7,12,14,20-21H,2,4,6,8-10H2;1H. The monoisotopic (exact) mass is 427 g/mol. The summed E-state index contributed by atoms with van der Waals surface area (Å²) in [4.78, 5) is 13.6. The zero-order valence-electron chi connectivity index (χ0n) is 14.3. The predicted octanol–water partition coefficient (Wildman–Crippen LogP) is 1.51. The molecule has 2 unspecified atom stereocenters. The molecule has 3 rings (SSSR count). The van der Waals surface area contributed by atoms with Crippen LogP contribution in [-0.2, 0) is 14.8 Å².